The lowest BCUT2D eigenvalue weighted by molar-refractivity contribution is -0.178. The van der Waals surface area contributed by atoms with Crippen LogP contribution in [0.4, 0.5) is 0 Å². The molecule has 1 aliphatic heterocycles. The first-order valence-corrected chi connectivity index (χ1v) is 7.64. The van der Waals surface area contributed by atoms with Gasteiger partial charge >= 0.3 is 5.97 Å². The summed E-state index contributed by atoms with van der Waals surface area (Å²) in [6.45, 7) is 12.2. The van der Waals surface area contributed by atoms with Gasteiger partial charge in [-0.15, -0.1) is 0 Å². The molecule has 112 valence electrons. The smallest absolute Gasteiger partial charge is 0.308 e. The van der Waals surface area contributed by atoms with Crippen LogP contribution in [-0.2, 0) is 14.3 Å². The number of carbonyl (C=O) groups excluding carboxylic acids is 1. The largest absolute Gasteiger partial charge is 0.458 e. The summed E-state index contributed by atoms with van der Waals surface area (Å²) in [6, 6.07) is 0. The predicted molar refractivity (Wildman–Crippen MR) is 76.1 cm³/mol. The van der Waals surface area contributed by atoms with Crippen molar-refractivity contribution in [2.24, 2.45) is 5.92 Å². The molecule has 1 heterocycles. The normalized spacial score (nSPS) is 22.2. The van der Waals surface area contributed by atoms with Crippen LogP contribution in [-0.4, -0.2) is 49.3 Å². The van der Waals surface area contributed by atoms with E-state index in [1.807, 2.05) is 27.7 Å². The Morgan fingerprint density at radius 2 is 1.84 bits per heavy atom. The van der Waals surface area contributed by atoms with Crippen LogP contribution in [0.25, 0.3) is 0 Å². The van der Waals surface area contributed by atoms with Crippen molar-refractivity contribution in [2.75, 3.05) is 32.8 Å². The summed E-state index contributed by atoms with van der Waals surface area (Å²) in [6.07, 6.45) is 3.21. The maximum atomic E-state index is 11.7. The fourth-order valence-corrected chi connectivity index (χ4v) is 2.36. The zero-order valence-corrected chi connectivity index (χ0v) is 12.9. The molecule has 0 N–H and O–H groups in total. The first-order chi connectivity index (χ1) is 9.11. The minimum absolute atomic E-state index is 0.0304. The number of nitrogens with zero attached hydrogens (tertiary/aromatic N) is 1. The quantitative estimate of drug-likeness (QED) is 0.736. The van der Waals surface area contributed by atoms with Gasteiger partial charge in [-0.1, -0.05) is 27.7 Å². The highest BCUT2D eigenvalue weighted by Crippen LogP contribution is 2.37. The maximum Gasteiger partial charge on any atom is 0.308 e. The lowest BCUT2D eigenvalue weighted by atomic mass is 9.79. The average molecular weight is 271 g/mol. The number of carbonyl (C=O) groups is 1. The van der Waals surface area contributed by atoms with Gasteiger partial charge in [0.05, 0.1) is 19.1 Å². The van der Waals surface area contributed by atoms with E-state index in [0.29, 0.717) is 0 Å². The molecule has 4 heteroatoms. The molecule has 0 spiro atoms. The van der Waals surface area contributed by atoms with Crippen LogP contribution in [0.3, 0.4) is 0 Å². The van der Waals surface area contributed by atoms with Crippen molar-refractivity contribution in [2.45, 2.75) is 52.6 Å². The molecule has 0 aromatic heterocycles. The Morgan fingerprint density at radius 3 is 2.26 bits per heavy atom. The van der Waals surface area contributed by atoms with Crippen molar-refractivity contribution in [3.05, 3.63) is 0 Å². The summed E-state index contributed by atoms with van der Waals surface area (Å²) in [5, 5.41) is 0. The summed E-state index contributed by atoms with van der Waals surface area (Å²) in [4.78, 5) is 14.1. The minimum atomic E-state index is -0.196. The molecule has 0 bridgehead atoms. The molecule has 1 saturated carbocycles. The van der Waals surface area contributed by atoms with Crippen LogP contribution in [0.15, 0.2) is 0 Å². The molecule has 0 radical (unpaired) electrons. The van der Waals surface area contributed by atoms with Crippen LogP contribution >= 0.6 is 0 Å². The Kier molecular flexibility index (Phi) is 6.80. The summed E-state index contributed by atoms with van der Waals surface area (Å²) in [5.41, 5.74) is -0.196. The van der Waals surface area contributed by atoms with Crippen LogP contribution in [0, 0.1) is 5.92 Å². The molecule has 0 aromatic rings. The van der Waals surface area contributed by atoms with Gasteiger partial charge in [-0.05, 0) is 19.3 Å². The first kappa shape index (κ1) is 16.4. The van der Waals surface area contributed by atoms with E-state index in [4.69, 9.17) is 9.47 Å². The average Bonchev–Trinajstić information content (AvgIpc) is 2.39. The standard InChI is InChI=1S/C13H23NO3.C2H6/c1-11(2)12(15)17-13(4-3-5-13)10-14-6-8-16-9-7-14;1-2/h11H,3-10H2,1-2H3;1-2H3. The Morgan fingerprint density at radius 1 is 1.26 bits per heavy atom. The van der Waals surface area contributed by atoms with E-state index in [1.165, 1.54) is 6.42 Å². The Bertz CT molecular complexity index is 269. The van der Waals surface area contributed by atoms with E-state index in [9.17, 15) is 4.79 Å². The van der Waals surface area contributed by atoms with E-state index in [2.05, 4.69) is 4.90 Å². The molecular formula is C15H29NO3. The van der Waals surface area contributed by atoms with E-state index in [-0.39, 0.29) is 17.5 Å². The van der Waals surface area contributed by atoms with E-state index in [1.54, 1.807) is 0 Å². The third-order valence-electron chi connectivity index (χ3n) is 3.67. The van der Waals surface area contributed by atoms with E-state index in [0.717, 1.165) is 45.7 Å². The van der Waals surface area contributed by atoms with Gasteiger partial charge in [0.1, 0.15) is 5.60 Å². The second-order valence-corrected chi connectivity index (χ2v) is 5.50. The fraction of sp³-hybridized carbons (Fsp3) is 0.933. The van der Waals surface area contributed by atoms with Crippen molar-refractivity contribution in [1.82, 2.24) is 4.90 Å². The lowest BCUT2D eigenvalue weighted by Crippen LogP contribution is -2.53. The van der Waals surface area contributed by atoms with Crippen molar-refractivity contribution in [3.8, 4) is 0 Å². The Hall–Kier alpha value is -0.610. The molecule has 0 atom stereocenters. The van der Waals surface area contributed by atoms with E-state index >= 15 is 0 Å². The van der Waals surface area contributed by atoms with Crippen LogP contribution in [0.1, 0.15) is 47.0 Å². The van der Waals surface area contributed by atoms with Crippen LogP contribution in [0.2, 0.25) is 0 Å². The molecule has 1 aliphatic carbocycles. The summed E-state index contributed by atoms with van der Waals surface area (Å²) >= 11 is 0. The monoisotopic (exact) mass is 271 g/mol. The molecule has 0 unspecified atom stereocenters. The molecule has 2 aliphatic rings. The number of hydrogen-bond acceptors (Lipinski definition) is 4. The molecule has 2 rings (SSSR count). The van der Waals surface area contributed by atoms with Gasteiger partial charge in [0, 0.05) is 19.6 Å². The second kappa shape index (κ2) is 7.85. The predicted octanol–water partition coefficient (Wildman–Crippen LogP) is 2.47. The first-order valence-electron chi connectivity index (χ1n) is 7.64. The van der Waals surface area contributed by atoms with Gasteiger partial charge in [0.2, 0.25) is 0 Å². The number of hydrogen-bond donors (Lipinski definition) is 0. The van der Waals surface area contributed by atoms with Gasteiger partial charge in [0.15, 0.2) is 0 Å². The maximum absolute atomic E-state index is 11.7. The van der Waals surface area contributed by atoms with Crippen LogP contribution < -0.4 is 0 Å². The molecule has 4 nitrogen and oxygen atoms in total. The minimum Gasteiger partial charge on any atom is -0.458 e. The van der Waals surface area contributed by atoms with Crippen molar-refractivity contribution >= 4 is 5.97 Å². The SMILES string of the molecule is CC.CC(C)C(=O)OC1(CN2CCOCC2)CCC1. The zero-order chi connectivity index (χ0) is 14.3. The van der Waals surface area contributed by atoms with Crippen molar-refractivity contribution in [1.29, 1.82) is 0 Å². The third-order valence-corrected chi connectivity index (χ3v) is 3.67. The van der Waals surface area contributed by atoms with Gasteiger partial charge in [-0.25, -0.2) is 0 Å². The number of morpholine rings is 1. The van der Waals surface area contributed by atoms with Gasteiger partial charge in [-0.3, -0.25) is 9.69 Å². The molecule has 19 heavy (non-hydrogen) atoms. The van der Waals surface area contributed by atoms with Gasteiger partial charge < -0.3 is 9.47 Å². The highest BCUT2D eigenvalue weighted by molar-refractivity contribution is 5.72. The Labute approximate surface area is 117 Å². The summed E-state index contributed by atoms with van der Waals surface area (Å²) in [7, 11) is 0. The topological polar surface area (TPSA) is 38.8 Å². The lowest BCUT2D eigenvalue weighted by Gasteiger charge is -2.45. The number of esters is 1. The molecular weight excluding hydrogens is 242 g/mol. The second-order valence-electron chi connectivity index (χ2n) is 5.50. The van der Waals surface area contributed by atoms with Crippen molar-refractivity contribution in [3.63, 3.8) is 0 Å². The fourth-order valence-electron chi connectivity index (χ4n) is 2.36. The Balaban J connectivity index is 0.000000861. The summed E-state index contributed by atoms with van der Waals surface area (Å²) in [5.74, 6) is -0.0878. The van der Waals surface area contributed by atoms with Crippen LogP contribution in [0.5, 0.6) is 0 Å². The zero-order valence-electron chi connectivity index (χ0n) is 12.9. The summed E-state index contributed by atoms with van der Waals surface area (Å²) < 4.78 is 11.1. The van der Waals surface area contributed by atoms with Gasteiger partial charge in [0.25, 0.3) is 0 Å². The third kappa shape index (κ3) is 4.77. The van der Waals surface area contributed by atoms with Gasteiger partial charge in [-0.2, -0.15) is 0 Å². The molecule has 0 aromatic carbocycles. The number of rotatable bonds is 4. The molecule has 1 saturated heterocycles. The molecule has 2 fully saturated rings. The molecule has 0 amide bonds. The highest BCUT2D eigenvalue weighted by atomic mass is 16.6. The highest BCUT2D eigenvalue weighted by Gasteiger charge is 2.42. The number of ether oxygens (including phenoxy) is 2. The van der Waals surface area contributed by atoms with E-state index < -0.39 is 0 Å². The van der Waals surface area contributed by atoms with Crippen molar-refractivity contribution < 1.29 is 14.3 Å².